The van der Waals surface area contributed by atoms with Crippen molar-refractivity contribution in [2.45, 2.75) is 45.7 Å². The Morgan fingerprint density at radius 2 is 1.97 bits per heavy atom. The topological polar surface area (TPSA) is 101 Å². The van der Waals surface area contributed by atoms with E-state index in [1.54, 1.807) is 11.8 Å². The van der Waals surface area contributed by atoms with Crippen LogP contribution in [0.1, 0.15) is 50.0 Å². The minimum Gasteiger partial charge on any atom is -0.486 e. The molecule has 1 aliphatic rings. The number of hydrogen-bond donors (Lipinski definition) is 2. The van der Waals surface area contributed by atoms with E-state index in [0.717, 1.165) is 6.07 Å². The summed E-state index contributed by atoms with van der Waals surface area (Å²) >= 11 is 0. The van der Waals surface area contributed by atoms with Crippen LogP contribution in [0.4, 0.5) is 8.78 Å². The minimum atomic E-state index is -1.26. The second kappa shape index (κ2) is 9.64. The number of nitrogens with one attached hydrogen (secondary N) is 1. The van der Waals surface area contributed by atoms with Gasteiger partial charge in [0.1, 0.15) is 18.2 Å². The summed E-state index contributed by atoms with van der Waals surface area (Å²) < 4.78 is 35.1. The van der Waals surface area contributed by atoms with Crippen molar-refractivity contribution in [3.63, 3.8) is 0 Å². The first kappa shape index (κ1) is 23.6. The summed E-state index contributed by atoms with van der Waals surface area (Å²) in [4.78, 5) is 40.3. The maximum atomic E-state index is 14.2. The van der Waals surface area contributed by atoms with Crippen molar-refractivity contribution < 1.29 is 28.2 Å². The largest absolute Gasteiger partial charge is 0.486 e. The lowest BCUT2D eigenvalue weighted by atomic mass is 10.1. The number of halogens is 2. The second-order valence-corrected chi connectivity index (χ2v) is 7.87. The van der Waals surface area contributed by atoms with Crippen LogP contribution >= 0.6 is 0 Å². The normalized spacial score (nSPS) is 15.9. The number of rotatable bonds is 8. The zero-order valence-corrected chi connectivity index (χ0v) is 18.3. The van der Waals surface area contributed by atoms with Gasteiger partial charge in [0.15, 0.2) is 11.6 Å². The van der Waals surface area contributed by atoms with Crippen molar-refractivity contribution in [2.75, 3.05) is 26.3 Å². The van der Waals surface area contributed by atoms with E-state index in [0.29, 0.717) is 25.9 Å². The number of amides is 2. The zero-order chi connectivity index (χ0) is 23.6. The van der Waals surface area contributed by atoms with Gasteiger partial charge in [-0.1, -0.05) is 13.8 Å². The van der Waals surface area contributed by atoms with E-state index in [9.17, 15) is 28.3 Å². The van der Waals surface area contributed by atoms with Gasteiger partial charge in [0.2, 0.25) is 17.2 Å². The van der Waals surface area contributed by atoms with Crippen molar-refractivity contribution in [1.29, 1.82) is 0 Å². The summed E-state index contributed by atoms with van der Waals surface area (Å²) in [5, 5.41) is 11.9. The average molecular weight is 451 g/mol. The number of nitrogens with zero attached hydrogens (tertiary/aromatic N) is 2. The Bertz CT molecular complexity index is 1100. The number of benzene rings is 1. The first-order valence-corrected chi connectivity index (χ1v) is 10.6. The number of hydrogen-bond acceptors (Lipinski definition) is 5. The molecule has 32 heavy (non-hydrogen) atoms. The lowest BCUT2D eigenvalue weighted by molar-refractivity contribution is -0.134. The van der Waals surface area contributed by atoms with Crippen molar-refractivity contribution in [2.24, 2.45) is 0 Å². The summed E-state index contributed by atoms with van der Waals surface area (Å²) in [6, 6.07) is -0.857. The molecule has 0 radical (unpaired) electrons. The molecular formula is C22H27F2N3O5. The molecule has 0 saturated carbocycles. The summed E-state index contributed by atoms with van der Waals surface area (Å²) in [5.74, 6) is -4.18. The first-order valence-electron chi connectivity index (χ1n) is 10.6. The summed E-state index contributed by atoms with van der Waals surface area (Å²) in [7, 11) is 0. The van der Waals surface area contributed by atoms with Crippen molar-refractivity contribution in [3.05, 3.63) is 39.7 Å². The molecule has 10 heteroatoms. The highest BCUT2D eigenvalue weighted by atomic mass is 19.2. The molecule has 2 unspecified atom stereocenters. The number of pyridine rings is 1. The number of ether oxygens (including phenoxy) is 1. The lowest BCUT2D eigenvalue weighted by Gasteiger charge is -2.28. The molecule has 1 aromatic carbocycles. The van der Waals surface area contributed by atoms with Crippen LogP contribution in [0.2, 0.25) is 0 Å². The predicted molar refractivity (Wildman–Crippen MR) is 114 cm³/mol. The van der Waals surface area contributed by atoms with E-state index < -0.39 is 41.5 Å². The standard InChI is InChI=1S/C22H27F2N3O5/c1-4-6-26(7-5-2)22(31)16(10-28)25-21(30)14-9-27-12(3)11-32-20-17(24)15(23)8-13(18(20)27)19(14)29/h8-9,12,16,28H,4-7,10-11H2,1-3H3,(H,25,30). The van der Waals surface area contributed by atoms with E-state index in [2.05, 4.69) is 5.32 Å². The van der Waals surface area contributed by atoms with Crippen LogP contribution in [0.5, 0.6) is 5.75 Å². The van der Waals surface area contributed by atoms with Crippen molar-refractivity contribution >= 4 is 22.7 Å². The number of aromatic nitrogens is 1. The van der Waals surface area contributed by atoms with Gasteiger partial charge in [0, 0.05) is 19.3 Å². The van der Waals surface area contributed by atoms with Gasteiger partial charge in [-0.2, -0.15) is 4.39 Å². The third kappa shape index (κ3) is 4.19. The van der Waals surface area contributed by atoms with Crippen molar-refractivity contribution in [3.8, 4) is 5.75 Å². The van der Waals surface area contributed by atoms with Crippen LogP contribution in [0.3, 0.4) is 0 Å². The Labute approximate surface area is 183 Å². The van der Waals surface area contributed by atoms with E-state index in [1.807, 2.05) is 13.8 Å². The Morgan fingerprint density at radius 3 is 2.56 bits per heavy atom. The molecule has 2 heterocycles. The van der Waals surface area contributed by atoms with E-state index in [-0.39, 0.29) is 34.9 Å². The summed E-state index contributed by atoms with van der Waals surface area (Å²) in [6.07, 6.45) is 2.66. The maximum absolute atomic E-state index is 14.2. The molecule has 0 fully saturated rings. The number of aliphatic hydroxyl groups is 1. The Balaban J connectivity index is 2.02. The predicted octanol–water partition coefficient (Wildman–Crippen LogP) is 1.97. The SMILES string of the molecule is CCCN(CCC)C(=O)C(CO)NC(=O)c1cn2c3c(c(F)c(F)cc3c1=O)OCC2C. The molecule has 8 nitrogen and oxygen atoms in total. The maximum Gasteiger partial charge on any atom is 0.257 e. The molecule has 0 saturated heterocycles. The smallest absolute Gasteiger partial charge is 0.257 e. The molecular weight excluding hydrogens is 424 g/mol. The first-order chi connectivity index (χ1) is 15.2. The minimum absolute atomic E-state index is 0.0210. The molecule has 0 aliphatic carbocycles. The van der Waals surface area contributed by atoms with Gasteiger partial charge in [-0.15, -0.1) is 0 Å². The molecule has 174 valence electrons. The highest BCUT2D eigenvalue weighted by Gasteiger charge is 2.30. The Kier molecular flexibility index (Phi) is 7.12. The van der Waals surface area contributed by atoms with Gasteiger partial charge in [-0.05, 0) is 25.8 Å². The fourth-order valence-corrected chi connectivity index (χ4v) is 3.87. The number of aliphatic hydroxyl groups excluding tert-OH is 1. The van der Waals surface area contributed by atoms with Crippen LogP contribution in [0.15, 0.2) is 17.1 Å². The van der Waals surface area contributed by atoms with E-state index in [1.165, 1.54) is 10.8 Å². The summed E-state index contributed by atoms with van der Waals surface area (Å²) in [6.45, 7) is 5.86. The van der Waals surface area contributed by atoms with Crippen LogP contribution in [-0.2, 0) is 4.79 Å². The average Bonchev–Trinajstić information content (AvgIpc) is 2.77. The molecule has 0 spiro atoms. The second-order valence-electron chi connectivity index (χ2n) is 7.87. The Morgan fingerprint density at radius 1 is 1.31 bits per heavy atom. The number of carbonyl (C=O) groups excluding carboxylic acids is 2. The molecule has 1 aliphatic heterocycles. The monoisotopic (exact) mass is 451 g/mol. The number of carbonyl (C=O) groups is 2. The third-order valence-electron chi connectivity index (χ3n) is 5.44. The fourth-order valence-electron chi connectivity index (χ4n) is 3.87. The van der Waals surface area contributed by atoms with Crippen LogP contribution in [0.25, 0.3) is 10.9 Å². The van der Waals surface area contributed by atoms with Crippen molar-refractivity contribution in [1.82, 2.24) is 14.8 Å². The van der Waals surface area contributed by atoms with Gasteiger partial charge >= 0.3 is 0 Å². The summed E-state index contributed by atoms with van der Waals surface area (Å²) in [5.41, 5.74) is -1.10. The lowest BCUT2D eigenvalue weighted by Crippen LogP contribution is -2.51. The van der Waals surface area contributed by atoms with E-state index in [4.69, 9.17) is 4.74 Å². The van der Waals surface area contributed by atoms with Gasteiger partial charge in [0.25, 0.3) is 5.91 Å². The molecule has 2 atom stereocenters. The molecule has 3 rings (SSSR count). The molecule has 2 N–H and O–H groups in total. The zero-order valence-electron chi connectivity index (χ0n) is 18.3. The van der Waals surface area contributed by atoms with Crippen LogP contribution in [0, 0.1) is 11.6 Å². The molecule has 1 aromatic heterocycles. The van der Waals surface area contributed by atoms with Gasteiger partial charge in [0.05, 0.1) is 23.6 Å². The highest BCUT2D eigenvalue weighted by Crippen LogP contribution is 2.35. The van der Waals surface area contributed by atoms with Gasteiger partial charge < -0.3 is 24.6 Å². The van der Waals surface area contributed by atoms with Gasteiger partial charge in [-0.25, -0.2) is 4.39 Å². The molecule has 2 amide bonds. The highest BCUT2D eigenvalue weighted by molar-refractivity contribution is 6.00. The van der Waals surface area contributed by atoms with Crippen LogP contribution in [-0.4, -0.2) is 58.7 Å². The molecule has 2 aromatic rings. The molecule has 0 bridgehead atoms. The third-order valence-corrected chi connectivity index (χ3v) is 5.44. The van der Waals surface area contributed by atoms with Gasteiger partial charge in [-0.3, -0.25) is 14.4 Å². The Hall–Kier alpha value is -3.01. The van der Waals surface area contributed by atoms with Crippen LogP contribution < -0.4 is 15.5 Å². The fraction of sp³-hybridized carbons (Fsp3) is 0.500. The van der Waals surface area contributed by atoms with E-state index >= 15 is 0 Å². The quantitative estimate of drug-likeness (QED) is 0.639.